The second-order valence-corrected chi connectivity index (χ2v) is 8.33. The van der Waals surface area contributed by atoms with Gasteiger partial charge in [0.2, 0.25) is 0 Å². The first-order valence-electron chi connectivity index (χ1n) is 9.23. The minimum atomic E-state index is 0.491. The number of hydrogen-bond donors (Lipinski definition) is 0. The fourth-order valence-corrected chi connectivity index (χ4v) is 4.34. The van der Waals surface area contributed by atoms with Gasteiger partial charge in [0, 0.05) is 24.2 Å². The summed E-state index contributed by atoms with van der Waals surface area (Å²) in [5.74, 6) is 2.59. The van der Waals surface area contributed by atoms with Gasteiger partial charge in [0.05, 0.1) is 25.8 Å². The first kappa shape index (κ1) is 19.2. The number of aromatic nitrogens is 3. The molecule has 2 heterocycles. The van der Waals surface area contributed by atoms with Gasteiger partial charge in [-0.1, -0.05) is 12.1 Å². The molecule has 0 bridgehead atoms. The first-order valence-corrected chi connectivity index (χ1v) is 10.5. The average Bonchev–Trinajstić information content (AvgIpc) is 3.28. The van der Waals surface area contributed by atoms with Crippen LogP contribution in [0.4, 0.5) is 0 Å². The van der Waals surface area contributed by atoms with Crippen molar-refractivity contribution in [3.05, 3.63) is 46.0 Å². The summed E-state index contributed by atoms with van der Waals surface area (Å²) in [6, 6.07) is 10.6. The third-order valence-corrected chi connectivity index (χ3v) is 6.11. The van der Waals surface area contributed by atoms with E-state index < -0.39 is 0 Å². The van der Waals surface area contributed by atoms with Gasteiger partial charge in [-0.2, -0.15) is 0 Å². The standard InChI is InChI=1S/C20H24N4O2S2/c1-22(12-14-6-9-16(25-2)11-17(14)26-3)13-23-20(27)24(15-7-8-15)19(21-23)18-5-4-10-28-18/h4-6,9-11,15H,7-8,12-13H2,1-3H3. The maximum absolute atomic E-state index is 5.77. The van der Waals surface area contributed by atoms with Crippen molar-refractivity contribution in [2.45, 2.75) is 32.1 Å². The molecule has 1 fully saturated rings. The second-order valence-electron chi connectivity index (χ2n) is 7.02. The van der Waals surface area contributed by atoms with Gasteiger partial charge in [-0.3, -0.25) is 9.47 Å². The van der Waals surface area contributed by atoms with Crippen LogP contribution in [0.1, 0.15) is 24.4 Å². The Kier molecular flexibility index (Phi) is 5.52. The molecule has 148 valence electrons. The molecule has 3 aromatic rings. The molecule has 1 aliphatic carbocycles. The molecule has 0 radical (unpaired) electrons. The van der Waals surface area contributed by atoms with Crippen molar-refractivity contribution in [2.75, 3.05) is 21.3 Å². The molecule has 0 spiro atoms. The Morgan fingerprint density at radius 2 is 2.07 bits per heavy atom. The third kappa shape index (κ3) is 3.85. The zero-order valence-corrected chi connectivity index (χ0v) is 17.9. The van der Waals surface area contributed by atoms with E-state index in [1.54, 1.807) is 25.6 Å². The lowest BCUT2D eigenvalue weighted by molar-refractivity contribution is 0.240. The summed E-state index contributed by atoms with van der Waals surface area (Å²) in [7, 11) is 5.40. The van der Waals surface area contributed by atoms with Crippen LogP contribution >= 0.6 is 23.6 Å². The van der Waals surface area contributed by atoms with Gasteiger partial charge in [-0.25, -0.2) is 4.68 Å². The van der Waals surface area contributed by atoms with Crippen molar-refractivity contribution < 1.29 is 9.47 Å². The lowest BCUT2D eigenvalue weighted by atomic mass is 10.2. The fourth-order valence-electron chi connectivity index (χ4n) is 3.30. The van der Waals surface area contributed by atoms with Crippen LogP contribution in [-0.4, -0.2) is 40.5 Å². The van der Waals surface area contributed by atoms with E-state index in [-0.39, 0.29) is 0 Å². The molecule has 8 heteroatoms. The van der Waals surface area contributed by atoms with Crippen LogP contribution in [0.5, 0.6) is 11.5 Å². The summed E-state index contributed by atoms with van der Waals surface area (Å²) in [5.41, 5.74) is 1.09. The SMILES string of the molecule is COc1ccc(CN(C)Cn2nc(-c3cccs3)n(C3CC3)c2=S)c(OC)c1. The maximum atomic E-state index is 5.77. The number of methoxy groups -OCH3 is 2. The summed E-state index contributed by atoms with van der Waals surface area (Å²) in [6.07, 6.45) is 2.36. The molecule has 1 aliphatic rings. The van der Waals surface area contributed by atoms with Crippen LogP contribution in [-0.2, 0) is 13.2 Å². The minimum absolute atomic E-state index is 0.491. The average molecular weight is 417 g/mol. The Bertz CT molecular complexity index is 1010. The molecule has 2 aromatic heterocycles. The van der Waals surface area contributed by atoms with E-state index >= 15 is 0 Å². The van der Waals surface area contributed by atoms with Crippen molar-refractivity contribution in [3.8, 4) is 22.2 Å². The molecular weight excluding hydrogens is 392 g/mol. The molecule has 6 nitrogen and oxygen atoms in total. The van der Waals surface area contributed by atoms with E-state index in [1.807, 2.05) is 22.9 Å². The maximum Gasteiger partial charge on any atom is 0.199 e. The molecule has 0 N–H and O–H groups in total. The Hall–Kier alpha value is -2.16. The zero-order valence-electron chi connectivity index (χ0n) is 16.3. The molecule has 1 saturated carbocycles. The Balaban J connectivity index is 1.56. The smallest absolute Gasteiger partial charge is 0.199 e. The van der Waals surface area contributed by atoms with Crippen LogP contribution in [0.2, 0.25) is 0 Å². The van der Waals surface area contributed by atoms with Crippen molar-refractivity contribution in [2.24, 2.45) is 0 Å². The van der Waals surface area contributed by atoms with Gasteiger partial charge in [-0.05, 0) is 49.6 Å². The molecule has 1 aromatic carbocycles. The van der Waals surface area contributed by atoms with Gasteiger partial charge < -0.3 is 9.47 Å². The third-order valence-electron chi connectivity index (χ3n) is 4.83. The van der Waals surface area contributed by atoms with Crippen LogP contribution in [0, 0.1) is 4.77 Å². The van der Waals surface area contributed by atoms with E-state index in [0.717, 1.165) is 39.1 Å². The second kappa shape index (κ2) is 8.06. The molecule has 0 amide bonds. The summed E-state index contributed by atoms with van der Waals surface area (Å²) >= 11 is 7.47. The predicted molar refractivity (Wildman–Crippen MR) is 114 cm³/mol. The predicted octanol–water partition coefficient (Wildman–Crippen LogP) is 4.58. The molecule has 4 rings (SSSR count). The Morgan fingerprint density at radius 3 is 2.71 bits per heavy atom. The van der Waals surface area contributed by atoms with Gasteiger partial charge in [-0.15, -0.1) is 16.4 Å². The number of benzene rings is 1. The normalized spacial score (nSPS) is 13.9. The number of nitrogens with zero attached hydrogens (tertiary/aromatic N) is 4. The monoisotopic (exact) mass is 416 g/mol. The topological polar surface area (TPSA) is 44.5 Å². The van der Waals surface area contributed by atoms with Gasteiger partial charge in [0.15, 0.2) is 10.6 Å². The van der Waals surface area contributed by atoms with Crippen molar-refractivity contribution >= 4 is 23.6 Å². The molecular formula is C20H24N4O2S2. The highest BCUT2D eigenvalue weighted by Crippen LogP contribution is 2.39. The minimum Gasteiger partial charge on any atom is -0.497 e. The highest BCUT2D eigenvalue weighted by Gasteiger charge is 2.29. The van der Waals surface area contributed by atoms with Gasteiger partial charge >= 0.3 is 0 Å². The van der Waals surface area contributed by atoms with Gasteiger partial charge in [0.25, 0.3) is 0 Å². The van der Waals surface area contributed by atoms with Gasteiger partial charge in [0.1, 0.15) is 11.5 Å². The number of ether oxygens (including phenoxy) is 2. The number of hydrogen-bond acceptors (Lipinski definition) is 6. The largest absolute Gasteiger partial charge is 0.497 e. The summed E-state index contributed by atoms with van der Waals surface area (Å²) in [5, 5.41) is 6.94. The zero-order chi connectivity index (χ0) is 19.7. The van der Waals surface area contributed by atoms with Crippen LogP contribution in [0.25, 0.3) is 10.7 Å². The van der Waals surface area contributed by atoms with Crippen LogP contribution in [0.15, 0.2) is 35.7 Å². The lowest BCUT2D eigenvalue weighted by Crippen LogP contribution is -2.23. The molecule has 0 saturated heterocycles. The van der Waals surface area contributed by atoms with Crippen LogP contribution < -0.4 is 9.47 Å². The van der Waals surface area contributed by atoms with Crippen LogP contribution in [0.3, 0.4) is 0 Å². The number of rotatable bonds is 8. The Morgan fingerprint density at radius 1 is 1.25 bits per heavy atom. The number of thiophene rings is 1. The molecule has 0 aliphatic heterocycles. The lowest BCUT2D eigenvalue weighted by Gasteiger charge is -2.18. The highest BCUT2D eigenvalue weighted by atomic mass is 32.1. The molecule has 0 atom stereocenters. The van der Waals surface area contributed by atoms with Crippen molar-refractivity contribution in [3.63, 3.8) is 0 Å². The fraction of sp³-hybridized carbons (Fsp3) is 0.400. The Labute approximate surface area is 173 Å². The van der Waals surface area contributed by atoms with Crippen molar-refractivity contribution in [1.29, 1.82) is 0 Å². The van der Waals surface area contributed by atoms with E-state index in [1.165, 1.54) is 12.8 Å². The van der Waals surface area contributed by atoms with E-state index in [4.69, 9.17) is 26.8 Å². The summed E-state index contributed by atoms with van der Waals surface area (Å²) in [4.78, 5) is 3.35. The van der Waals surface area contributed by atoms with E-state index in [0.29, 0.717) is 12.7 Å². The molecule has 0 unspecified atom stereocenters. The first-order chi connectivity index (χ1) is 13.6. The molecule has 28 heavy (non-hydrogen) atoms. The van der Waals surface area contributed by atoms with E-state index in [9.17, 15) is 0 Å². The van der Waals surface area contributed by atoms with Crippen molar-refractivity contribution in [1.82, 2.24) is 19.2 Å². The summed E-state index contributed by atoms with van der Waals surface area (Å²) in [6.45, 7) is 1.34. The summed E-state index contributed by atoms with van der Waals surface area (Å²) < 4.78 is 15.8. The highest BCUT2D eigenvalue weighted by molar-refractivity contribution is 7.71. The van der Waals surface area contributed by atoms with E-state index in [2.05, 4.69) is 34.0 Å². The quantitative estimate of drug-likeness (QED) is 0.503.